The number of rotatable bonds is 4. The number of amides is 1. The maximum absolute atomic E-state index is 11.2. The maximum Gasteiger partial charge on any atom is 0.265 e. The molecule has 0 aliphatic heterocycles. The van der Waals surface area contributed by atoms with Crippen molar-refractivity contribution < 1.29 is 13.2 Å². The summed E-state index contributed by atoms with van der Waals surface area (Å²) in [7, 11) is -3.51. The van der Waals surface area contributed by atoms with Gasteiger partial charge in [0.15, 0.2) is 0 Å². The van der Waals surface area contributed by atoms with Crippen LogP contribution in [0.25, 0.3) is 0 Å². The lowest BCUT2D eigenvalue weighted by Gasteiger charge is -2.03. The highest BCUT2D eigenvalue weighted by molar-refractivity contribution is 7.91. The first-order chi connectivity index (χ1) is 5.97. The molecule has 0 aromatic heterocycles. The Morgan fingerprint density at radius 2 is 2.08 bits per heavy atom. The Labute approximate surface area is 76.4 Å². The Morgan fingerprint density at radius 1 is 1.54 bits per heavy atom. The first-order valence-corrected chi connectivity index (χ1v) is 5.27. The molecule has 1 amide bonds. The third-order valence-corrected chi connectivity index (χ3v) is 3.48. The first kappa shape index (κ1) is 9.91. The van der Waals surface area contributed by atoms with Crippen molar-refractivity contribution in [2.45, 2.75) is 18.1 Å². The van der Waals surface area contributed by atoms with Gasteiger partial charge in [-0.3, -0.25) is 4.79 Å². The van der Waals surface area contributed by atoms with Crippen molar-refractivity contribution in [1.82, 2.24) is 4.72 Å². The zero-order valence-electron chi connectivity index (χ0n) is 6.91. The standard InChI is InChI=1S/C7H10N2O3S/c1-5(4-8)7(10)9-13(11,12)6-2-3-6/h4,6,8H,1-3H2,(H,9,10). The van der Waals surface area contributed by atoms with E-state index in [9.17, 15) is 13.2 Å². The van der Waals surface area contributed by atoms with Gasteiger partial charge >= 0.3 is 0 Å². The molecule has 1 fully saturated rings. The molecule has 0 aromatic rings. The average Bonchev–Trinajstić information content (AvgIpc) is 2.84. The minimum atomic E-state index is -3.51. The van der Waals surface area contributed by atoms with Crippen LogP contribution < -0.4 is 4.72 Å². The summed E-state index contributed by atoms with van der Waals surface area (Å²) < 4.78 is 24.2. The van der Waals surface area contributed by atoms with Gasteiger partial charge in [0.05, 0.1) is 10.8 Å². The van der Waals surface area contributed by atoms with E-state index in [-0.39, 0.29) is 5.57 Å². The predicted octanol–water partition coefficient (Wildman–Crippen LogP) is -0.199. The summed E-state index contributed by atoms with van der Waals surface area (Å²) in [6.07, 6.45) is 1.91. The molecule has 0 bridgehead atoms. The molecule has 0 radical (unpaired) electrons. The molecular formula is C7H10N2O3S. The minimum Gasteiger partial charge on any atom is -0.308 e. The highest BCUT2D eigenvalue weighted by atomic mass is 32.2. The van der Waals surface area contributed by atoms with Crippen molar-refractivity contribution >= 4 is 22.1 Å². The van der Waals surface area contributed by atoms with Crippen LogP contribution in [-0.4, -0.2) is 25.8 Å². The SMILES string of the molecule is C=C(C=N)C(=O)NS(=O)(=O)C1CC1. The molecule has 0 heterocycles. The van der Waals surface area contributed by atoms with Crippen molar-refractivity contribution in [2.75, 3.05) is 0 Å². The van der Waals surface area contributed by atoms with Gasteiger partial charge in [0.2, 0.25) is 10.0 Å². The zero-order valence-corrected chi connectivity index (χ0v) is 7.73. The average molecular weight is 202 g/mol. The second-order valence-electron chi connectivity index (χ2n) is 2.85. The Kier molecular flexibility index (Phi) is 2.51. The van der Waals surface area contributed by atoms with Crippen LogP contribution in [0.1, 0.15) is 12.8 Å². The summed E-state index contributed by atoms with van der Waals surface area (Å²) in [6.45, 7) is 3.22. The molecule has 1 aliphatic carbocycles. The minimum absolute atomic E-state index is 0.163. The third kappa shape index (κ3) is 2.38. The first-order valence-electron chi connectivity index (χ1n) is 3.72. The van der Waals surface area contributed by atoms with Gasteiger partial charge in [-0.25, -0.2) is 13.1 Å². The van der Waals surface area contributed by atoms with Gasteiger partial charge in [-0.1, -0.05) is 6.58 Å². The molecule has 0 saturated heterocycles. The van der Waals surface area contributed by atoms with Crippen LogP contribution in [0.4, 0.5) is 0 Å². The molecule has 0 aromatic carbocycles. The van der Waals surface area contributed by atoms with Crippen LogP contribution >= 0.6 is 0 Å². The second kappa shape index (κ2) is 3.29. The van der Waals surface area contributed by atoms with Crippen molar-refractivity contribution in [3.05, 3.63) is 12.2 Å². The molecule has 1 saturated carbocycles. The number of carbonyl (C=O) groups is 1. The van der Waals surface area contributed by atoms with Crippen LogP contribution in [0.2, 0.25) is 0 Å². The highest BCUT2D eigenvalue weighted by Gasteiger charge is 2.36. The zero-order chi connectivity index (χ0) is 10.1. The van der Waals surface area contributed by atoms with Crippen LogP contribution in [0.3, 0.4) is 0 Å². The molecule has 1 rings (SSSR count). The summed E-state index contributed by atoms with van der Waals surface area (Å²) in [5.41, 5.74) is -0.163. The third-order valence-electron chi connectivity index (χ3n) is 1.66. The smallest absolute Gasteiger partial charge is 0.265 e. The lowest BCUT2D eigenvalue weighted by Crippen LogP contribution is -2.34. The predicted molar refractivity (Wildman–Crippen MR) is 48.0 cm³/mol. The Balaban J connectivity index is 2.63. The summed E-state index contributed by atoms with van der Waals surface area (Å²) in [6, 6.07) is 0. The Morgan fingerprint density at radius 3 is 2.46 bits per heavy atom. The topological polar surface area (TPSA) is 87.1 Å². The lowest BCUT2D eigenvalue weighted by atomic mass is 10.3. The largest absolute Gasteiger partial charge is 0.308 e. The summed E-state index contributed by atoms with van der Waals surface area (Å²) in [5.74, 6) is -0.818. The summed E-state index contributed by atoms with van der Waals surface area (Å²) >= 11 is 0. The van der Waals surface area contributed by atoms with E-state index in [1.54, 1.807) is 0 Å². The fraction of sp³-hybridized carbons (Fsp3) is 0.429. The van der Waals surface area contributed by atoms with Crippen molar-refractivity contribution in [1.29, 1.82) is 5.41 Å². The van der Waals surface area contributed by atoms with E-state index in [1.807, 2.05) is 4.72 Å². The Hall–Kier alpha value is -1.17. The molecule has 2 N–H and O–H groups in total. The quantitative estimate of drug-likeness (QED) is 0.489. The van der Waals surface area contributed by atoms with Gasteiger partial charge in [0.1, 0.15) is 0 Å². The van der Waals surface area contributed by atoms with E-state index >= 15 is 0 Å². The fourth-order valence-corrected chi connectivity index (χ4v) is 2.03. The fourth-order valence-electron chi connectivity index (χ4n) is 0.722. The highest BCUT2D eigenvalue weighted by Crippen LogP contribution is 2.27. The van der Waals surface area contributed by atoms with Gasteiger partial charge in [-0.15, -0.1) is 0 Å². The number of hydrogen-bond donors (Lipinski definition) is 2. The Bertz CT molecular complexity index is 354. The van der Waals surface area contributed by atoms with Crippen molar-refractivity contribution in [3.8, 4) is 0 Å². The molecule has 0 atom stereocenters. The molecular weight excluding hydrogens is 192 g/mol. The van der Waals surface area contributed by atoms with Gasteiger partial charge in [-0.05, 0) is 12.8 Å². The van der Waals surface area contributed by atoms with E-state index in [4.69, 9.17) is 5.41 Å². The van der Waals surface area contributed by atoms with E-state index in [0.717, 1.165) is 6.21 Å². The van der Waals surface area contributed by atoms with Crippen LogP contribution in [0.5, 0.6) is 0 Å². The molecule has 5 nitrogen and oxygen atoms in total. The summed E-state index contributed by atoms with van der Waals surface area (Å²) in [4.78, 5) is 11.0. The van der Waals surface area contributed by atoms with E-state index in [1.165, 1.54) is 0 Å². The summed E-state index contributed by atoms with van der Waals surface area (Å²) in [5, 5.41) is 6.25. The van der Waals surface area contributed by atoms with Crippen LogP contribution in [0, 0.1) is 5.41 Å². The van der Waals surface area contributed by atoms with Gasteiger partial charge in [0.25, 0.3) is 5.91 Å². The van der Waals surface area contributed by atoms with E-state index in [2.05, 4.69) is 6.58 Å². The molecule has 13 heavy (non-hydrogen) atoms. The van der Waals surface area contributed by atoms with Crippen LogP contribution in [0.15, 0.2) is 12.2 Å². The van der Waals surface area contributed by atoms with E-state index < -0.39 is 21.2 Å². The normalized spacial score (nSPS) is 16.3. The molecule has 0 spiro atoms. The second-order valence-corrected chi connectivity index (χ2v) is 4.81. The lowest BCUT2D eigenvalue weighted by molar-refractivity contribution is -0.115. The van der Waals surface area contributed by atoms with Gasteiger partial charge in [0, 0.05) is 6.21 Å². The molecule has 72 valence electrons. The van der Waals surface area contributed by atoms with Gasteiger partial charge in [-0.2, -0.15) is 0 Å². The maximum atomic E-state index is 11.2. The number of sulfonamides is 1. The number of carbonyl (C=O) groups excluding carboxylic acids is 1. The molecule has 0 unspecified atom stereocenters. The van der Waals surface area contributed by atoms with Crippen molar-refractivity contribution in [2.24, 2.45) is 0 Å². The number of hydrogen-bond acceptors (Lipinski definition) is 4. The number of nitrogens with one attached hydrogen (secondary N) is 2. The van der Waals surface area contributed by atoms with Crippen LogP contribution in [-0.2, 0) is 14.8 Å². The molecule has 6 heteroatoms. The van der Waals surface area contributed by atoms with Crippen molar-refractivity contribution in [3.63, 3.8) is 0 Å². The monoisotopic (exact) mass is 202 g/mol. The van der Waals surface area contributed by atoms with Gasteiger partial charge < -0.3 is 5.41 Å². The van der Waals surface area contributed by atoms with E-state index in [0.29, 0.717) is 12.8 Å². The molecule has 1 aliphatic rings.